The number of hydrogen-bond donors (Lipinski definition) is 0. The van der Waals surface area contributed by atoms with Crippen molar-refractivity contribution in [1.82, 2.24) is 0 Å². The van der Waals surface area contributed by atoms with Crippen LogP contribution in [0.3, 0.4) is 0 Å². The zero-order chi connectivity index (χ0) is 12.8. The van der Waals surface area contributed by atoms with Crippen LogP contribution in [0.4, 0.5) is 0 Å². The smallest absolute Gasteiger partial charge is 0.189 e. The van der Waals surface area contributed by atoms with E-state index in [1.807, 2.05) is 0 Å². The molecule has 0 saturated carbocycles. The summed E-state index contributed by atoms with van der Waals surface area (Å²) < 4.78 is 5.30. The van der Waals surface area contributed by atoms with Crippen LogP contribution in [-0.4, -0.2) is 19.0 Å². The van der Waals surface area contributed by atoms with E-state index in [0.29, 0.717) is 28.1 Å². The van der Waals surface area contributed by atoms with E-state index in [1.165, 1.54) is 0 Å². The van der Waals surface area contributed by atoms with Crippen LogP contribution in [0.1, 0.15) is 30.6 Å². The third-order valence-electron chi connectivity index (χ3n) is 2.30. The first-order valence-electron chi connectivity index (χ1n) is 5.56. The Bertz CT molecular complexity index is 389. The van der Waals surface area contributed by atoms with Gasteiger partial charge in [-0.15, -0.1) is 0 Å². The monoisotopic (exact) mass is 274 g/mol. The summed E-state index contributed by atoms with van der Waals surface area (Å²) in [6.45, 7) is 4.88. The largest absolute Gasteiger partial charge is 0.373 e. The summed E-state index contributed by atoms with van der Waals surface area (Å²) in [7, 11) is 0. The molecule has 0 amide bonds. The summed E-state index contributed by atoms with van der Waals surface area (Å²) in [5, 5.41) is 0.891. The molecule has 1 rings (SSSR count). The number of ether oxygens (including phenoxy) is 1. The topological polar surface area (TPSA) is 26.3 Å². The molecule has 0 aliphatic heterocycles. The average molecular weight is 275 g/mol. The predicted molar refractivity (Wildman–Crippen MR) is 71.1 cm³/mol. The molecule has 1 aromatic rings. The number of carbonyl (C=O) groups is 1. The van der Waals surface area contributed by atoms with Gasteiger partial charge in [0, 0.05) is 17.2 Å². The van der Waals surface area contributed by atoms with Gasteiger partial charge in [-0.1, -0.05) is 37.0 Å². The number of ketones is 1. The highest BCUT2D eigenvalue weighted by molar-refractivity contribution is 6.36. The summed E-state index contributed by atoms with van der Waals surface area (Å²) in [5.41, 5.74) is 0.459. The Morgan fingerprint density at radius 2 is 2.06 bits per heavy atom. The Labute approximate surface area is 112 Å². The Morgan fingerprint density at radius 1 is 1.35 bits per heavy atom. The first kappa shape index (κ1) is 14.5. The zero-order valence-electron chi connectivity index (χ0n) is 10.0. The van der Waals surface area contributed by atoms with E-state index < -0.39 is 0 Å². The number of benzene rings is 1. The van der Waals surface area contributed by atoms with Crippen LogP contribution < -0.4 is 0 Å². The lowest BCUT2D eigenvalue weighted by atomic mass is 10.1. The molecule has 0 atom stereocenters. The van der Waals surface area contributed by atoms with Gasteiger partial charge < -0.3 is 4.74 Å². The van der Waals surface area contributed by atoms with Crippen molar-refractivity contribution in [3.63, 3.8) is 0 Å². The maximum atomic E-state index is 11.8. The highest BCUT2D eigenvalue weighted by Gasteiger charge is 2.10. The Morgan fingerprint density at radius 3 is 2.65 bits per heavy atom. The highest BCUT2D eigenvalue weighted by Crippen LogP contribution is 2.21. The van der Waals surface area contributed by atoms with E-state index in [1.54, 1.807) is 18.2 Å². The molecule has 17 heavy (non-hydrogen) atoms. The van der Waals surface area contributed by atoms with Gasteiger partial charge in [0.2, 0.25) is 0 Å². The first-order valence-corrected chi connectivity index (χ1v) is 6.32. The molecule has 0 fully saturated rings. The third kappa shape index (κ3) is 5.07. The molecule has 2 nitrogen and oxygen atoms in total. The molecule has 0 heterocycles. The van der Waals surface area contributed by atoms with Crippen LogP contribution in [0, 0.1) is 5.92 Å². The minimum absolute atomic E-state index is 0.0636. The number of halogens is 2. The van der Waals surface area contributed by atoms with Crippen molar-refractivity contribution in [2.45, 2.75) is 20.3 Å². The number of rotatable bonds is 6. The van der Waals surface area contributed by atoms with Gasteiger partial charge in [0.25, 0.3) is 0 Å². The maximum absolute atomic E-state index is 11.8. The second-order valence-corrected chi connectivity index (χ2v) is 5.13. The molecule has 0 radical (unpaired) electrons. The Balaban J connectivity index is 2.47. The molecule has 0 saturated heterocycles. The molecule has 0 aliphatic rings. The molecular formula is C13H16Cl2O2. The van der Waals surface area contributed by atoms with E-state index in [9.17, 15) is 4.79 Å². The van der Waals surface area contributed by atoms with Crippen molar-refractivity contribution in [3.05, 3.63) is 33.8 Å². The predicted octanol–water partition coefficient (Wildman–Crippen LogP) is 4.24. The fourth-order valence-corrected chi connectivity index (χ4v) is 1.79. The van der Waals surface area contributed by atoms with Crippen molar-refractivity contribution >= 4 is 29.0 Å². The van der Waals surface area contributed by atoms with E-state index in [2.05, 4.69) is 13.8 Å². The molecular weight excluding hydrogens is 259 g/mol. The summed E-state index contributed by atoms with van der Waals surface area (Å²) in [5.74, 6) is 0.458. The van der Waals surface area contributed by atoms with Gasteiger partial charge in [-0.3, -0.25) is 4.79 Å². The zero-order valence-corrected chi connectivity index (χ0v) is 11.5. The number of Topliss-reactive ketones (excluding diaryl/α,β-unsaturated/α-hetero) is 1. The van der Waals surface area contributed by atoms with Gasteiger partial charge in [0.1, 0.15) is 6.61 Å². The van der Waals surface area contributed by atoms with Crippen molar-refractivity contribution < 1.29 is 9.53 Å². The molecule has 0 bridgehead atoms. The molecule has 1 aromatic carbocycles. The van der Waals surface area contributed by atoms with Crippen LogP contribution in [0.2, 0.25) is 10.0 Å². The summed E-state index contributed by atoms with van der Waals surface area (Å²) >= 11 is 11.7. The lowest BCUT2D eigenvalue weighted by Crippen LogP contribution is -2.11. The van der Waals surface area contributed by atoms with Crippen LogP contribution in [0.15, 0.2) is 18.2 Å². The van der Waals surface area contributed by atoms with Crippen LogP contribution in [-0.2, 0) is 4.74 Å². The van der Waals surface area contributed by atoms with Gasteiger partial charge in [0.15, 0.2) is 5.78 Å². The molecule has 94 valence electrons. The Kier molecular flexibility index (Phi) is 5.96. The van der Waals surface area contributed by atoms with Crippen LogP contribution >= 0.6 is 23.2 Å². The maximum Gasteiger partial charge on any atom is 0.189 e. The summed E-state index contributed by atoms with van der Waals surface area (Å²) in [6, 6.07) is 4.83. The van der Waals surface area contributed by atoms with Crippen molar-refractivity contribution in [3.8, 4) is 0 Å². The fraction of sp³-hybridized carbons (Fsp3) is 0.462. The summed E-state index contributed by atoms with van der Waals surface area (Å²) in [6.07, 6.45) is 0.946. The van der Waals surface area contributed by atoms with Crippen molar-refractivity contribution in [2.75, 3.05) is 13.2 Å². The van der Waals surface area contributed by atoms with Gasteiger partial charge >= 0.3 is 0 Å². The highest BCUT2D eigenvalue weighted by atomic mass is 35.5. The summed E-state index contributed by atoms with van der Waals surface area (Å²) in [4.78, 5) is 11.8. The van der Waals surface area contributed by atoms with Gasteiger partial charge in [0.05, 0.1) is 5.02 Å². The second-order valence-electron chi connectivity index (χ2n) is 4.28. The Hall–Kier alpha value is -0.570. The van der Waals surface area contributed by atoms with Gasteiger partial charge in [-0.2, -0.15) is 0 Å². The van der Waals surface area contributed by atoms with Crippen molar-refractivity contribution in [1.29, 1.82) is 0 Å². The standard InChI is InChI=1S/C13H16Cl2O2/c1-9(2)5-6-17-8-13(16)11-4-3-10(14)7-12(11)15/h3-4,7,9H,5-6,8H2,1-2H3. The molecule has 0 aromatic heterocycles. The minimum atomic E-state index is -0.115. The number of carbonyl (C=O) groups excluding carboxylic acids is 1. The second kappa shape index (κ2) is 7.00. The molecule has 4 heteroatoms. The normalized spacial score (nSPS) is 10.9. The van der Waals surface area contributed by atoms with E-state index in [0.717, 1.165) is 6.42 Å². The minimum Gasteiger partial charge on any atom is -0.373 e. The molecule has 0 aliphatic carbocycles. The third-order valence-corrected chi connectivity index (χ3v) is 2.85. The van der Waals surface area contributed by atoms with E-state index >= 15 is 0 Å². The lowest BCUT2D eigenvalue weighted by molar-refractivity contribution is 0.0739. The quantitative estimate of drug-likeness (QED) is 0.573. The SMILES string of the molecule is CC(C)CCOCC(=O)c1ccc(Cl)cc1Cl. The molecule has 0 N–H and O–H groups in total. The first-order chi connectivity index (χ1) is 8.00. The lowest BCUT2D eigenvalue weighted by Gasteiger charge is -2.07. The van der Waals surface area contributed by atoms with E-state index in [4.69, 9.17) is 27.9 Å². The van der Waals surface area contributed by atoms with Crippen LogP contribution in [0.25, 0.3) is 0 Å². The van der Waals surface area contributed by atoms with E-state index in [-0.39, 0.29) is 12.4 Å². The molecule has 0 unspecified atom stereocenters. The average Bonchev–Trinajstić information content (AvgIpc) is 2.23. The molecule has 0 spiro atoms. The van der Waals surface area contributed by atoms with Gasteiger partial charge in [-0.05, 0) is 30.5 Å². The van der Waals surface area contributed by atoms with Crippen molar-refractivity contribution in [2.24, 2.45) is 5.92 Å². The van der Waals surface area contributed by atoms with Gasteiger partial charge in [-0.25, -0.2) is 0 Å². The van der Waals surface area contributed by atoms with Crippen LogP contribution in [0.5, 0.6) is 0 Å². The number of hydrogen-bond acceptors (Lipinski definition) is 2. The fourth-order valence-electron chi connectivity index (χ4n) is 1.28.